The third-order valence-electron chi connectivity index (χ3n) is 4.34. The van der Waals surface area contributed by atoms with Crippen LogP contribution in [0.1, 0.15) is 25.8 Å². The van der Waals surface area contributed by atoms with Crippen LogP contribution in [-0.4, -0.2) is 42.4 Å². The number of likely N-dealkylation sites (tertiary alicyclic amines) is 1. The van der Waals surface area contributed by atoms with Crippen molar-refractivity contribution < 1.29 is 9.84 Å². The molecule has 0 amide bonds. The monoisotopic (exact) mass is 292 g/mol. The second-order valence-corrected chi connectivity index (χ2v) is 6.33. The first-order valence-corrected chi connectivity index (χ1v) is 7.91. The van der Waals surface area contributed by atoms with Crippen LogP contribution < -0.4 is 10.5 Å². The third-order valence-corrected chi connectivity index (χ3v) is 4.34. The SMILES string of the molecule is CC(C)C1CCN(CC(O)COc2ccccc2CN)C1. The molecular formula is C17H28N2O2. The van der Waals surface area contributed by atoms with E-state index in [-0.39, 0.29) is 0 Å². The number of hydrogen-bond donors (Lipinski definition) is 2. The van der Waals surface area contributed by atoms with Gasteiger partial charge in [-0.25, -0.2) is 0 Å². The average Bonchev–Trinajstić information content (AvgIpc) is 2.94. The smallest absolute Gasteiger partial charge is 0.123 e. The molecule has 2 atom stereocenters. The number of aliphatic hydroxyl groups excluding tert-OH is 1. The Labute approximate surface area is 127 Å². The van der Waals surface area contributed by atoms with E-state index in [2.05, 4.69) is 18.7 Å². The summed E-state index contributed by atoms with van der Waals surface area (Å²) in [5.41, 5.74) is 6.66. The molecule has 118 valence electrons. The molecule has 0 saturated carbocycles. The van der Waals surface area contributed by atoms with Gasteiger partial charge in [0, 0.05) is 25.2 Å². The topological polar surface area (TPSA) is 58.7 Å². The lowest BCUT2D eigenvalue weighted by atomic mass is 9.95. The fraction of sp³-hybridized carbons (Fsp3) is 0.647. The van der Waals surface area contributed by atoms with Crippen LogP contribution in [0.25, 0.3) is 0 Å². The van der Waals surface area contributed by atoms with Gasteiger partial charge in [0.1, 0.15) is 18.5 Å². The Balaban J connectivity index is 1.76. The first kappa shape index (κ1) is 16.3. The molecule has 1 saturated heterocycles. The number of hydrogen-bond acceptors (Lipinski definition) is 4. The predicted octanol–water partition coefficient (Wildman–Crippen LogP) is 1.86. The molecule has 3 N–H and O–H groups in total. The molecule has 4 heteroatoms. The first-order valence-electron chi connectivity index (χ1n) is 7.91. The Morgan fingerprint density at radius 3 is 2.81 bits per heavy atom. The van der Waals surface area contributed by atoms with Gasteiger partial charge in [0.05, 0.1) is 0 Å². The maximum Gasteiger partial charge on any atom is 0.123 e. The molecule has 0 aromatic heterocycles. The minimum absolute atomic E-state index is 0.319. The summed E-state index contributed by atoms with van der Waals surface area (Å²) in [6, 6.07) is 7.73. The predicted molar refractivity (Wildman–Crippen MR) is 85.2 cm³/mol. The van der Waals surface area contributed by atoms with E-state index in [4.69, 9.17) is 10.5 Å². The summed E-state index contributed by atoms with van der Waals surface area (Å²) in [5, 5.41) is 10.2. The van der Waals surface area contributed by atoms with Crippen molar-refractivity contribution in [2.24, 2.45) is 17.6 Å². The highest BCUT2D eigenvalue weighted by Gasteiger charge is 2.26. The molecule has 1 aromatic carbocycles. The van der Waals surface area contributed by atoms with Gasteiger partial charge in [-0.3, -0.25) is 0 Å². The highest BCUT2D eigenvalue weighted by Crippen LogP contribution is 2.23. The van der Waals surface area contributed by atoms with E-state index >= 15 is 0 Å². The highest BCUT2D eigenvalue weighted by atomic mass is 16.5. The van der Waals surface area contributed by atoms with Crippen molar-refractivity contribution in [3.63, 3.8) is 0 Å². The fourth-order valence-corrected chi connectivity index (χ4v) is 2.92. The number of rotatable bonds is 7. The van der Waals surface area contributed by atoms with Gasteiger partial charge in [-0.15, -0.1) is 0 Å². The molecule has 2 rings (SSSR count). The van der Waals surface area contributed by atoms with E-state index in [1.807, 2.05) is 24.3 Å². The number of β-amino-alcohol motifs (C(OH)–C–C–N with tert-alkyl or cyclic N) is 1. The summed E-state index contributed by atoms with van der Waals surface area (Å²) in [6.45, 7) is 8.19. The zero-order valence-corrected chi connectivity index (χ0v) is 13.2. The van der Waals surface area contributed by atoms with Crippen LogP contribution in [0.4, 0.5) is 0 Å². The van der Waals surface area contributed by atoms with Gasteiger partial charge in [0.25, 0.3) is 0 Å². The van der Waals surface area contributed by atoms with Crippen molar-refractivity contribution in [1.82, 2.24) is 4.90 Å². The largest absolute Gasteiger partial charge is 0.491 e. The van der Waals surface area contributed by atoms with Crippen LogP contribution in [0.15, 0.2) is 24.3 Å². The Hall–Kier alpha value is -1.10. The zero-order valence-electron chi connectivity index (χ0n) is 13.2. The molecule has 0 spiro atoms. The van der Waals surface area contributed by atoms with Crippen LogP contribution >= 0.6 is 0 Å². The number of aliphatic hydroxyl groups is 1. The third kappa shape index (κ3) is 4.70. The summed E-state index contributed by atoms with van der Waals surface area (Å²) in [5.74, 6) is 2.26. The summed E-state index contributed by atoms with van der Waals surface area (Å²) in [6.07, 6.45) is 0.781. The van der Waals surface area contributed by atoms with Gasteiger partial charge >= 0.3 is 0 Å². The summed E-state index contributed by atoms with van der Waals surface area (Å²) in [7, 11) is 0. The van der Waals surface area contributed by atoms with Gasteiger partial charge < -0.3 is 20.5 Å². The van der Waals surface area contributed by atoms with Crippen molar-refractivity contribution in [2.45, 2.75) is 32.9 Å². The van der Waals surface area contributed by atoms with Gasteiger partial charge in [0.15, 0.2) is 0 Å². The van der Waals surface area contributed by atoms with E-state index in [1.54, 1.807) is 0 Å². The normalized spacial score (nSPS) is 20.9. The Morgan fingerprint density at radius 1 is 1.38 bits per heavy atom. The van der Waals surface area contributed by atoms with Crippen LogP contribution in [0.5, 0.6) is 5.75 Å². The molecule has 21 heavy (non-hydrogen) atoms. The van der Waals surface area contributed by atoms with Crippen LogP contribution in [-0.2, 0) is 6.54 Å². The zero-order chi connectivity index (χ0) is 15.2. The Bertz CT molecular complexity index is 437. The molecule has 2 unspecified atom stereocenters. The van der Waals surface area contributed by atoms with Crippen molar-refractivity contribution in [2.75, 3.05) is 26.2 Å². The second kappa shape index (κ2) is 7.78. The molecule has 0 aliphatic carbocycles. The number of nitrogens with zero attached hydrogens (tertiary/aromatic N) is 1. The molecule has 1 aromatic rings. The number of ether oxygens (including phenoxy) is 1. The highest BCUT2D eigenvalue weighted by molar-refractivity contribution is 5.32. The minimum atomic E-state index is -0.457. The van der Waals surface area contributed by atoms with Crippen LogP contribution in [0, 0.1) is 11.8 Å². The number of benzene rings is 1. The lowest BCUT2D eigenvalue weighted by Crippen LogP contribution is -2.34. The van der Waals surface area contributed by atoms with Crippen LogP contribution in [0.3, 0.4) is 0 Å². The van der Waals surface area contributed by atoms with Gasteiger partial charge in [0.2, 0.25) is 0 Å². The number of nitrogens with two attached hydrogens (primary N) is 1. The minimum Gasteiger partial charge on any atom is -0.491 e. The molecule has 4 nitrogen and oxygen atoms in total. The van der Waals surface area contributed by atoms with Crippen molar-refractivity contribution in [3.8, 4) is 5.75 Å². The molecule has 0 bridgehead atoms. The molecule has 1 heterocycles. The summed E-state index contributed by atoms with van der Waals surface area (Å²) >= 11 is 0. The van der Waals surface area contributed by atoms with E-state index in [0.29, 0.717) is 19.7 Å². The van der Waals surface area contributed by atoms with E-state index < -0.39 is 6.10 Å². The lowest BCUT2D eigenvalue weighted by molar-refractivity contribution is 0.0736. The van der Waals surface area contributed by atoms with Gasteiger partial charge in [-0.1, -0.05) is 32.0 Å². The summed E-state index contributed by atoms with van der Waals surface area (Å²) in [4.78, 5) is 2.34. The van der Waals surface area contributed by atoms with Crippen molar-refractivity contribution in [3.05, 3.63) is 29.8 Å². The standard InChI is InChI=1S/C17H28N2O2/c1-13(2)15-7-8-19(10-15)11-16(20)12-21-17-6-4-3-5-14(17)9-18/h3-6,13,15-16,20H,7-12,18H2,1-2H3. The second-order valence-electron chi connectivity index (χ2n) is 6.33. The maximum atomic E-state index is 10.2. The lowest BCUT2D eigenvalue weighted by Gasteiger charge is -2.21. The average molecular weight is 292 g/mol. The number of para-hydroxylation sites is 1. The molecule has 1 aliphatic heterocycles. The quantitative estimate of drug-likeness (QED) is 0.805. The molecule has 0 radical (unpaired) electrons. The van der Waals surface area contributed by atoms with Crippen molar-refractivity contribution in [1.29, 1.82) is 0 Å². The first-order chi connectivity index (χ1) is 10.1. The maximum absolute atomic E-state index is 10.2. The Morgan fingerprint density at radius 2 is 2.14 bits per heavy atom. The van der Waals surface area contributed by atoms with E-state index in [0.717, 1.165) is 36.2 Å². The molecular weight excluding hydrogens is 264 g/mol. The summed E-state index contributed by atoms with van der Waals surface area (Å²) < 4.78 is 5.72. The Kier molecular flexibility index (Phi) is 6.03. The van der Waals surface area contributed by atoms with E-state index in [9.17, 15) is 5.11 Å². The van der Waals surface area contributed by atoms with E-state index in [1.165, 1.54) is 6.42 Å². The fourth-order valence-electron chi connectivity index (χ4n) is 2.92. The molecule has 1 fully saturated rings. The van der Waals surface area contributed by atoms with Gasteiger partial charge in [-0.2, -0.15) is 0 Å². The van der Waals surface area contributed by atoms with Crippen LogP contribution in [0.2, 0.25) is 0 Å². The van der Waals surface area contributed by atoms with Gasteiger partial charge in [-0.05, 0) is 30.9 Å². The van der Waals surface area contributed by atoms with Crippen molar-refractivity contribution >= 4 is 0 Å². The molecule has 1 aliphatic rings.